The van der Waals surface area contributed by atoms with Crippen molar-refractivity contribution in [3.63, 3.8) is 0 Å². The second-order valence-electron chi connectivity index (χ2n) is 5.44. The maximum Gasteiger partial charge on any atom is 0.191 e. The van der Waals surface area contributed by atoms with Crippen LogP contribution in [0.3, 0.4) is 0 Å². The number of hydrogen-bond acceptors (Lipinski definition) is 3. The standard InChI is InChI=1S/C20H15Cl2N3OS/c21-18-11-6-14(12-19(18)22)13-23-25-20(27)24-15-7-9-17(10-8-15)26-16-4-2-1-3-5-16/h1-13H,(H2,24,25,27)/b23-13-. The SMILES string of the molecule is S=C(N/N=C\c1ccc(Cl)c(Cl)c1)Nc1ccc(Oc2ccccc2)cc1. The highest BCUT2D eigenvalue weighted by Gasteiger charge is 2.00. The van der Waals surface area contributed by atoms with Crippen LogP contribution in [0.1, 0.15) is 5.56 Å². The molecule has 0 heterocycles. The van der Waals surface area contributed by atoms with Gasteiger partial charge in [0.15, 0.2) is 5.11 Å². The number of hydrogen-bond donors (Lipinski definition) is 2. The molecule has 0 fully saturated rings. The average molecular weight is 416 g/mol. The van der Waals surface area contributed by atoms with Gasteiger partial charge in [0.1, 0.15) is 11.5 Å². The molecule has 2 N–H and O–H groups in total. The monoisotopic (exact) mass is 415 g/mol. The van der Waals surface area contributed by atoms with E-state index in [1.54, 1.807) is 24.4 Å². The lowest BCUT2D eigenvalue weighted by atomic mass is 10.2. The minimum Gasteiger partial charge on any atom is -0.457 e. The van der Waals surface area contributed by atoms with Crippen molar-refractivity contribution in [1.82, 2.24) is 5.43 Å². The van der Waals surface area contributed by atoms with E-state index in [0.717, 1.165) is 22.7 Å². The van der Waals surface area contributed by atoms with Gasteiger partial charge in [0.25, 0.3) is 0 Å². The van der Waals surface area contributed by atoms with Gasteiger partial charge in [-0.15, -0.1) is 0 Å². The van der Waals surface area contributed by atoms with E-state index in [9.17, 15) is 0 Å². The number of nitrogens with zero attached hydrogens (tertiary/aromatic N) is 1. The molecule has 4 nitrogen and oxygen atoms in total. The molecule has 0 radical (unpaired) electrons. The van der Waals surface area contributed by atoms with Crippen molar-refractivity contribution in [1.29, 1.82) is 0 Å². The van der Waals surface area contributed by atoms with Gasteiger partial charge in [-0.1, -0.05) is 47.5 Å². The van der Waals surface area contributed by atoms with Crippen molar-refractivity contribution in [2.24, 2.45) is 5.10 Å². The molecule has 0 aliphatic heterocycles. The first-order chi connectivity index (χ1) is 13.1. The average Bonchev–Trinajstić information content (AvgIpc) is 2.67. The first-order valence-corrected chi connectivity index (χ1v) is 9.15. The van der Waals surface area contributed by atoms with E-state index in [1.165, 1.54) is 0 Å². The molecular weight excluding hydrogens is 401 g/mol. The van der Waals surface area contributed by atoms with Crippen LogP contribution in [0.25, 0.3) is 0 Å². The summed E-state index contributed by atoms with van der Waals surface area (Å²) in [6, 6.07) is 22.3. The molecule has 0 amide bonds. The number of para-hydroxylation sites is 1. The van der Waals surface area contributed by atoms with E-state index < -0.39 is 0 Å². The number of ether oxygens (including phenoxy) is 1. The number of anilines is 1. The van der Waals surface area contributed by atoms with Gasteiger partial charge in [-0.05, 0) is 66.3 Å². The largest absolute Gasteiger partial charge is 0.457 e. The van der Waals surface area contributed by atoms with Crippen molar-refractivity contribution >= 4 is 52.4 Å². The van der Waals surface area contributed by atoms with Crippen LogP contribution in [0.2, 0.25) is 10.0 Å². The number of thiocarbonyl (C=S) groups is 1. The summed E-state index contributed by atoms with van der Waals surface area (Å²) in [6.07, 6.45) is 1.60. The zero-order valence-electron chi connectivity index (χ0n) is 14.0. The second kappa shape index (κ2) is 9.37. The fourth-order valence-corrected chi connectivity index (χ4v) is 2.63. The highest BCUT2D eigenvalue weighted by molar-refractivity contribution is 7.80. The van der Waals surface area contributed by atoms with Gasteiger partial charge >= 0.3 is 0 Å². The van der Waals surface area contributed by atoms with Crippen LogP contribution in [0.5, 0.6) is 11.5 Å². The van der Waals surface area contributed by atoms with Crippen molar-refractivity contribution < 1.29 is 4.74 Å². The van der Waals surface area contributed by atoms with Crippen LogP contribution in [-0.4, -0.2) is 11.3 Å². The lowest BCUT2D eigenvalue weighted by Gasteiger charge is -2.09. The van der Waals surface area contributed by atoms with Gasteiger partial charge in [0.05, 0.1) is 16.3 Å². The molecule has 0 spiro atoms. The molecule has 136 valence electrons. The third kappa shape index (κ3) is 5.96. The maximum atomic E-state index is 5.96. The van der Waals surface area contributed by atoms with E-state index in [2.05, 4.69) is 15.8 Å². The normalized spacial score (nSPS) is 10.6. The fourth-order valence-electron chi connectivity index (χ4n) is 2.15. The Morgan fingerprint density at radius 1 is 0.889 bits per heavy atom. The van der Waals surface area contributed by atoms with Crippen molar-refractivity contribution in [3.8, 4) is 11.5 Å². The van der Waals surface area contributed by atoms with Crippen LogP contribution < -0.4 is 15.5 Å². The van der Waals surface area contributed by atoms with E-state index in [0.29, 0.717) is 15.2 Å². The molecule has 0 aliphatic carbocycles. The van der Waals surface area contributed by atoms with E-state index in [-0.39, 0.29) is 0 Å². The van der Waals surface area contributed by atoms with E-state index >= 15 is 0 Å². The number of nitrogens with one attached hydrogen (secondary N) is 2. The summed E-state index contributed by atoms with van der Waals surface area (Å²) < 4.78 is 5.75. The topological polar surface area (TPSA) is 45.7 Å². The highest BCUT2D eigenvalue weighted by atomic mass is 35.5. The minimum atomic E-state index is 0.364. The van der Waals surface area contributed by atoms with Crippen LogP contribution in [-0.2, 0) is 0 Å². The predicted molar refractivity (Wildman–Crippen MR) is 116 cm³/mol. The fraction of sp³-hybridized carbons (Fsp3) is 0. The minimum absolute atomic E-state index is 0.364. The molecular formula is C20H15Cl2N3OS. The zero-order chi connectivity index (χ0) is 19.1. The lowest BCUT2D eigenvalue weighted by Crippen LogP contribution is -2.23. The Morgan fingerprint density at radius 3 is 2.30 bits per heavy atom. The number of halogens is 2. The van der Waals surface area contributed by atoms with Crippen molar-refractivity contribution in [2.45, 2.75) is 0 Å². The van der Waals surface area contributed by atoms with Gasteiger partial charge in [-0.2, -0.15) is 5.10 Å². The first kappa shape index (κ1) is 19.2. The van der Waals surface area contributed by atoms with Crippen LogP contribution in [0, 0.1) is 0 Å². The first-order valence-electron chi connectivity index (χ1n) is 7.98. The Labute approximate surface area is 172 Å². The summed E-state index contributed by atoms with van der Waals surface area (Å²) in [5, 5.41) is 8.45. The molecule has 0 saturated carbocycles. The Bertz CT molecular complexity index is 947. The number of benzene rings is 3. The third-order valence-electron chi connectivity index (χ3n) is 3.41. The quantitative estimate of drug-likeness (QED) is 0.299. The predicted octanol–water partition coefficient (Wildman–Crippen LogP) is 6.11. The summed E-state index contributed by atoms with van der Waals surface area (Å²) in [4.78, 5) is 0. The van der Waals surface area contributed by atoms with E-state index in [4.69, 9.17) is 40.2 Å². The molecule has 0 unspecified atom stereocenters. The Balaban J connectivity index is 1.51. The summed E-state index contributed by atoms with van der Waals surface area (Å²) in [6.45, 7) is 0. The molecule has 27 heavy (non-hydrogen) atoms. The summed E-state index contributed by atoms with van der Waals surface area (Å²) in [5.41, 5.74) is 4.38. The van der Waals surface area contributed by atoms with Crippen LogP contribution in [0.4, 0.5) is 5.69 Å². The van der Waals surface area contributed by atoms with Gasteiger partial charge in [0, 0.05) is 5.69 Å². The number of hydrazone groups is 1. The molecule has 3 aromatic rings. The smallest absolute Gasteiger partial charge is 0.191 e. The van der Waals surface area contributed by atoms with Crippen LogP contribution in [0.15, 0.2) is 77.9 Å². The lowest BCUT2D eigenvalue weighted by molar-refractivity contribution is 0.483. The Hall–Kier alpha value is -2.60. The van der Waals surface area contributed by atoms with Gasteiger partial charge in [0.2, 0.25) is 0 Å². The molecule has 3 aromatic carbocycles. The van der Waals surface area contributed by atoms with Crippen LogP contribution >= 0.6 is 35.4 Å². The molecule has 7 heteroatoms. The Kier molecular flexibility index (Phi) is 6.65. The summed E-state index contributed by atoms with van der Waals surface area (Å²) >= 11 is 17.1. The van der Waals surface area contributed by atoms with Crippen molar-refractivity contribution in [2.75, 3.05) is 5.32 Å². The molecule has 0 bridgehead atoms. The van der Waals surface area contributed by atoms with Gasteiger partial charge < -0.3 is 10.1 Å². The van der Waals surface area contributed by atoms with Gasteiger partial charge in [-0.3, -0.25) is 5.43 Å². The molecule has 0 saturated heterocycles. The molecule has 0 atom stereocenters. The maximum absolute atomic E-state index is 5.96. The second-order valence-corrected chi connectivity index (χ2v) is 6.66. The highest BCUT2D eigenvalue weighted by Crippen LogP contribution is 2.23. The third-order valence-corrected chi connectivity index (χ3v) is 4.35. The number of rotatable bonds is 5. The summed E-state index contributed by atoms with van der Waals surface area (Å²) in [7, 11) is 0. The van der Waals surface area contributed by atoms with Gasteiger partial charge in [-0.25, -0.2) is 0 Å². The molecule has 0 aromatic heterocycles. The van der Waals surface area contributed by atoms with Crippen molar-refractivity contribution in [3.05, 3.63) is 88.4 Å². The zero-order valence-corrected chi connectivity index (χ0v) is 16.4. The summed E-state index contributed by atoms with van der Waals surface area (Å²) in [5.74, 6) is 1.52. The Morgan fingerprint density at radius 2 is 1.59 bits per heavy atom. The van der Waals surface area contributed by atoms with E-state index in [1.807, 2.05) is 54.6 Å². The molecule has 0 aliphatic rings. The molecule has 3 rings (SSSR count).